The van der Waals surface area contributed by atoms with Gasteiger partial charge in [0.2, 0.25) is 0 Å². The number of nitrogens with one attached hydrogen (secondary N) is 1. The van der Waals surface area contributed by atoms with Gasteiger partial charge in [-0.2, -0.15) is 0 Å². The number of halogens is 1. The molecule has 1 saturated heterocycles. The van der Waals surface area contributed by atoms with Crippen LogP contribution in [-0.4, -0.2) is 82.2 Å². The second-order valence-electron chi connectivity index (χ2n) is 10.6. The Kier molecular flexibility index (Phi) is 12.3. The molecular weight excluding hydrogens is 590 g/mol. The highest BCUT2D eigenvalue weighted by atomic mass is 35.5. The lowest BCUT2D eigenvalue weighted by atomic mass is 9.96. The van der Waals surface area contributed by atoms with E-state index < -0.39 is 43.2 Å². The number of amides is 1. The molecule has 1 aliphatic heterocycles. The Bertz CT molecular complexity index is 1440. The van der Waals surface area contributed by atoms with Crippen molar-refractivity contribution in [3.8, 4) is 23.8 Å². The average molecular weight is 630 g/mol. The van der Waals surface area contributed by atoms with E-state index in [1.165, 1.54) is 26.4 Å². The summed E-state index contributed by atoms with van der Waals surface area (Å²) >= 11 is 6.56. The molecule has 1 aliphatic rings. The Morgan fingerprint density at radius 1 is 1.11 bits per heavy atom. The number of terminal acetylenes is 1. The van der Waals surface area contributed by atoms with Crippen molar-refractivity contribution in [3.05, 3.63) is 52.8 Å². The van der Waals surface area contributed by atoms with Crippen molar-refractivity contribution in [3.63, 3.8) is 0 Å². The SMILES string of the molecule is C#CCCCCCCCn1c(COc2cc(OC)c(C(=O)N[C@H]3[C@@H](OC)O[C@H](CO)[C@@H](O)[C@@H]3O)cc2Cl)nc2ccccc21. The van der Waals surface area contributed by atoms with Crippen LogP contribution < -0.4 is 14.8 Å². The smallest absolute Gasteiger partial charge is 0.255 e. The average Bonchev–Trinajstić information content (AvgIpc) is 3.39. The van der Waals surface area contributed by atoms with Crippen LogP contribution in [0.1, 0.15) is 54.7 Å². The summed E-state index contributed by atoms with van der Waals surface area (Å²) in [5.41, 5.74) is 1.96. The number of benzene rings is 2. The minimum atomic E-state index is -1.47. The number of nitrogens with zero attached hydrogens (tertiary/aromatic N) is 2. The molecule has 3 aromatic rings. The Labute approximate surface area is 262 Å². The summed E-state index contributed by atoms with van der Waals surface area (Å²) in [4.78, 5) is 18.1. The van der Waals surface area contributed by atoms with Gasteiger partial charge in [0.1, 0.15) is 48.3 Å². The molecule has 0 aliphatic carbocycles. The van der Waals surface area contributed by atoms with E-state index in [0.29, 0.717) is 5.75 Å². The molecule has 0 saturated carbocycles. The first-order chi connectivity index (χ1) is 21.3. The molecule has 44 heavy (non-hydrogen) atoms. The maximum atomic E-state index is 13.3. The van der Waals surface area contributed by atoms with Gasteiger partial charge >= 0.3 is 0 Å². The number of methoxy groups -OCH3 is 2. The highest BCUT2D eigenvalue weighted by Crippen LogP contribution is 2.34. The normalized spacial score (nSPS) is 21.6. The molecule has 4 rings (SSSR count). The molecule has 2 aromatic carbocycles. The van der Waals surface area contributed by atoms with Crippen molar-refractivity contribution in [1.29, 1.82) is 0 Å². The first kappa shape index (κ1) is 33.5. The van der Waals surface area contributed by atoms with Gasteiger partial charge < -0.3 is 44.2 Å². The minimum absolute atomic E-state index is 0.0696. The minimum Gasteiger partial charge on any atom is -0.496 e. The second kappa shape index (κ2) is 16.1. The van der Waals surface area contributed by atoms with Crippen molar-refractivity contribution in [2.45, 2.75) is 82.3 Å². The fourth-order valence-corrected chi connectivity index (χ4v) is 5.53. The number of unbranched alkanes of at least 4 members (excludes halogenated alkanes) is 5. The van der Waals surface area contributed by atoms with Crippen LogP contribution in [0.15, 0.2) is 36.4 Å². The molecule has 0 bridgehead atoms. The Hall–Kier alpha value is -3.37. The number of imidazole rings is 1. The molecule has 0 unspecified atom stereocenters. The number of carbonyl (C=O) groups excluding carboxylic acids is 1. The maximum Gasteiger partial charge on any atom is 0.255 e. The number of carbonyl (C=O) groups is 1. The summed E-state index contributed by atoms with van der Waals surface area (Å²) in [7, 11) is 2.73. The van der Waals surface area contributed by atoms with Gasteiger partial charge in [-0.25, -0.2) is 4.98 Å². The first-order valence-electron chi connectivity index (χ1n) is 14.7. The van der Waals surface area contributed by atoms with Gasteiger partial charge in [-0.15, -0.1) is 12.3 Å². The van der Waals surface area contributed by atoms with Crippen LogP contribution in [0.25, 0.3) is 11.0 Å². The fourth-order valence-electron chi connectivity index (χ4n) is 5.31. The third-order valence-corrected chi connectivity index (χ3v) is 8.00. The van der Waals surface area contributed by atoms with Gasteiger partial charge in [0, 0.05) is 26.1 Å². The lowest BCUT2D eigenvalue weighted by molar-refractivity contribution is -0.261. The predicted octanol–water partition coefficient (Wildman–Crippen LogP) is 3.43. The number of hydrogen-bond donors (Lipinski definition) is 4. The monoisotopic (exact) mass is 629 g/mol. The number of rotatable bonds is 15. The third kappa shape index (κ3) is 7.82. The van der Waals surface area contributed by atoms with Crippen LogP contribution >= 0.6 is 11.6 Å². The van der Waals surface area contributed by atoms with E-state index in [-0.39, 0.29) is 22.9 Å². The number of fused-ring (bicyclic) bond motifs is 1. The number of aryl methyl sites for hydroxylation is 1. The topological polar surface area (TPSA) is 145 Å². The van der Waals surface area contributed by atoms with E-state index in [4.69, 9.17) is 42.0 Å². The van der Waals surface area contributed by atoms with Gasteiger partial charge in [0.15, 0.2) is 6.29 Å². The third-order valence-electron chi connectivity index (χ3n) is 7.70. The van der Waals surface area contributed by atoms with Crippen molar-refractivity contribution in [2.75, 3.05) is 20.8 Å². The molecule has 0 spiro atoms. The van der Waals surface area contributed by atoms with Crippen molar-refractivity contribution >= 4 is 28.5 Å². The molecule has 12 heteroatoms. The number of aliphatic hydroxyl groups is 3. The summed E-state index contributed by atoms with van der Waals surface area (Å²) in [5, 5.41) is 33.1. The summed E-state index contributed by atoms with van der Waals surface area (Å²) in [6, 6.07) is 9.70. The number of hydrogen-bond acceptors (Lipinski definition) is 9. The van der Waals surface area contributed by atoms with Crippen molar-refractivity contribution in [2.24, 2.45) is 0 Å². The van der Waals surface area contributed by atoms with Gasteiger partial charge in [0.25, 0.3) is 5.91 Å². The molecule has 5 atom stereocenters. The summed E-state index contributed by atoms with van der Waals surface area (Å²) in [5.74, 6) is 3.25. The summed E-state index contributed by atoms with van der Waals surface area (Å²) < 4.78 is 24.4. The highest BCUT2D eigenvalue weighted by molar-refractivity contribution is 6.32. The zero-order valence-electron chi connectivity index (χ0n) is 24.9. The zero-order valence-corrected chi connectivity index (χ0v) is 25.7. The largest absolute Gasteiger partial charge is 0.496 e. The zero-order chi connectivity index (χ0) is 31.6. The lowest BCUT2D eigenvalue weighted by Gasteiger charge is -2.41. The van der Waals surface area contributed by atoms with E-state index in [1.807, 2.05) is 24.3 Å². The Balaban J connectivity index is 1.46. The van der Waals surface area contributed by atoms with Crippen LogP contribution in [0, 0.1) is 12.3 Å². The standard InChI is InChI=1S/C32H40ClN3O8/c1-4-5-6-7-8-9-12-15-36-23-14-11-10-13-22(23)34-27(36)19-43-25-17-24(41-2)20(16-21(25)33)31(40)35-28-30(39)29(38)26(18-37)44-32(28)42-3/h1,10-11,13-14,16-17,26,28-30,32,37-39H,5-9,12,15,18-19H2,2-3H3,(H,35,40)/t26-,28-,29-,30-,32+/m1/s1. The number of ether oxygens (including phenoxy) is 4. The number of aromatic nitrogens is 2. The fraction of sp³-hybridized carbons (Fsp3) is 0.500. The number of aliphatic hydroxyl groups excluding tert-OH is 3. The lowest BCUT2D eigenvalue weighted by Crippen LogP contribution is -2.64. The second-order valence-corrected chi connectivity index (χ2v) is 11.0. The molecule has 1 amide bonds. The Morgan fingerprint density at radius 3 is 2.59 bits per heavy atom. The molecule has 11 nitrogen and oxygen atoms in total. The van der Waals surface area contributed by atoms with Crippen molar-refractivity contribution < 1.29 is 39.1 Å². The molecule has 0 radical (unpaired) electrons. The van der Waals surface area contributed by atoms with Crippen LogP contribution in [0.4, 0.5) is 0 Å². The van der Waals surface area contributed by atoms with Gasteiger partial charge in [-0.1, -0.05) is 43.0 Å². The van der Waals surface area contributed by atoms with E-state index in [9.17, 15) is 20.1 Å². The molecule has 238 valence electrons. The van der Waals surface area contributed by atoms with Crippen molar-refractivity contribution in [1.82, 2.24) is 14.9 Å². The first-order valence-corrected chi connectivity index (χ1v) is 15.0. The van der Waals surface area contributed by atoms with Crippen LogP contribution in [-0.2, 0) is 22.6 Å². The van der Waals surface area contributed by atoms with E-state index in [2.05, 4.69) is 15.8 Å². The highest BCUT2D eigenvalue weighted by Gasteiger charge is 2.45. The van der Waals surface area contributed by atoms with Gasteiger partial charge in [-0.05, 0) is 31.0 Å². The van der Waals surface area contributed by atoms with E-state index in [0.717, 1.165) is 61.9 Å². The van der Waals surface area contributed by atoms with E-state index in [1.54, 1.807) is 0 Å². The molecule has 1 fully saturated rings. The maximum absolute atomic E-state index is 13.3. The van der Waals surface area contributed by atoms with E-state index >= 15 is 0 Å². The number of para-hydroxylation sites is 2. The summed E-state index contributed by atoms with van der Waals surface area (Å²) in [6.45, 7) is 0.390. The van der Waals surface area contributed by atoms with Crippen LogP contribution in [0.5, 0.6) is 11.5 Å². The van der Waals surface area contributed by atoms with Gasteiger partial charge in [0.05, 0.1) is 35.3 Å². The molecular formula is C32H40ClN3O8. The molecule has 4 N–H and O–H groups in total. The Morgan fingerprint density at radius 2 is 1.86 bits per heavy atom. The van der Waals surface area contributed by atoms with Crippen LogP contribution in [0.2, 0.25) is 5.02 Å². The molecule has 1 aromatic heterocycles. The summed E-state index contributed by atoms with van der Waals surface area (Å²) in [6.07, 6.45) is 6.43. The van der Waals surface area contributed by atoms with Crippen LogP contribution in [0.3, 0.4) is 0 Å². The predicted molar refractivity (Wildman–Crippen MR) is 165 cm³/mol. The van der Waals surface area contributed by atoms with Gasteiger partial charge in [-0.3, -0.25) is 4.79 Å². The molecule has 2 heterocycles. The quantitative estimate of drug-likeness (QED) is 0.147.